The number of amides is 3. The van der Waals surface area contributed by atoms with Crippen molar-refractivity contribution in [2.45, 2.75) is 65.6 Å². The van der Waals surface area contributed by atoms with Gasteiger partial charge in [-0.2, -0.15) is 5.10 Å². The van der Waals surface area contributed by atoms with Gasteiger partial charge in [-0.15, -0.1) is 0 Å². The molecule has 30 heavy (non-hydrogen) atoms. The molecule has 0 saturated heterocycles. The van der Waals surface area contributed by atoms with Gasteiger partial charge < -0.3 is 10.1 Å². The van der Waals surface area contributed by atoms with E-state index in [1.165, 1.54) is 11.6 Å². The van der Waals surface area contributed by atoms with Crippen LogP contribution in [0.1, 0.15) is 57.9 Å². The fourth-order valence-corrected chi connectivity index (χ4v) is 2.70. The number of aryl methyl sites for hydroxylation is 1. The molecule has 162 valence electrons. The molecule has 1 atom stereocenters. The Bertz CT molecular complexity index is 1010. The Balaban J connectivity index is 2.23. The maximum Gasteiger partial charge on any atom is 0.360 e. The quantitative estimate of drug-likeness (QED) is 0.698. The summed E-state index contributed by atoms with van der Waals surface area (Å²) in [7, 11) is 0. The molecule has 0 aliphatic rings. The molecule has 2 rings (SSSR count). The van der Waals surface area contributed by atoms with Crippen molar-refractivity contribution < 1.29 is 19.1 Å². The third-order valence-electron chi connectivity index (χ3n) is 4.16. The fourth-order valence-electron chi connectivity index (χ4n) is 2.70. The smallest absolute Gasteiger partial charge is 0.360 e. The maximum absolute atomic E-state index is 12.7. The van der Waals surface area contributed by atoms with Crippen LogP contribution in [0.3, 0.4) is 0 Å². The zero-order valence-corrected chi connectivity index (χ0v) is 17.9. The number of imide groups is 1. The van der Waals surface area contributed by atoms with E-state index in [4.69, 9.17) is 4.74 Å². The highest BCUT2D eigenvalue weighted by Gasteiger charge is 2.25. The SMILES string of the molecule is CCCCn1nc(C(=O)O[C@@H](C)C(=O)NC(=O)NC(C)(C)C)c2ccccc2c1=O. The number of carbonyl (C=O) groups excluding carboxylic acids is 3. The number of rotatable bonds is 6. The Morgan fingerprint density at radius 3 is 2.40 bits per heavy atom. The Kier molecular flexibility index (Phi) is 7.31. The van der Waals surface area contributed by atoms with Gasteiger partial charge in [0, 0.05) is 17.5 Å². The van der Waals surface area contributed by atoms with Gasteiger partial charge in [0.2, 0.25) is 0 Å². The number of nitrogens with zero attached hydrogens (tertiary/aromatic N) is 2. The maximum atomic E-state index is 12.7. The summed E-state index contributed by atoms with van der Waals surface area (Å²) in [6.45, 7) is 9.01. The predicted molar refractivity (Wildman–Crippen MR) is 112 cm³/mol. The molecule has 0 saturated carbocycles. The minimum atomic E-state index is -1.24. The predicted octanol–water partition coefficient (Wildman–Crippen LogP) is 2.37. The number of hydrogen-bond donors (Lipinski definition) is 2. The van der Waals surface area contributed by atoms with Crippen molar-refractivity contribution in [3.05, 3.63) is 40.3 Å². The minimum Gasteiger partial charge on any atom is -0.448 e. The lowest BCUT2D eigenvalue weighted by Gasteiger charge is -2.21. The molecule has 1 heterocycles. The van der Waals surface area contributed by atoms with Gasteiger partial charge >= 0.3 is 12.0 Å². The number of fused-ring (bicyclic) bond motifs is 1. The van der Waals surface area contributed by atoms with Gasteiger partial charge in [0.1, 0.15) is 0 Å². The summed E-state index contributed by atoms with van der Waals surface area (Å²) in [6, 6.07) is 5.92. The average Bonchev–Trinajstić information content (AvgIpc) is 2.65. The second kappa shape index (κ2) is 9.51. The van der Waals surface area contributed by atoms with Crippen molar-refractivity contribution in [1.29, 1.82) is 0 Å². The van der Waals surface area contributed by atoms with Crippen LogP contribution in [-0.2, 0) is 16.1 Å². The van der Waals surface area contributed by atoms with Crippen LogP contribution in [0.2, 0.25) is 0 Å². The second-order valence-corrected chi connectivity index (χ2v) is 8.02. The van der Waals surface area contributed by atoms with Crippen LogP contribution in [0.25, 0.3) is 10.8 Å². The summed E-state index contributed by atoms with van der Waals surface area (Å²) >= 11 is 0. The van der Waals surface area contributed by atoms with Crippen LogP contribution in [0.15, 0.2) is 29.1 Å². The van der Waals surface area contributed by atoms with Crippen molar-refractivity contribution in [3.8, 4) is 0 Å². The molecule has 9 nitrogen and oxygen atoms in total. The zero-order valence-electron chi connectivity index (χ0n) is 17.9. The number of ether oxygens (including phenoxy) is 1. The molecular weight excluding hydrogens is 388 g/mol. The Hall–Kier alpha value is -3.23. The molecule has 0 bridgehead atoms. The normalized spacial score (nSPS) is 12.3. The number of unbranched alkanes of at least 4 members (excludes halogenated alkanes) is 1. The summed E-state index contributed by atoms with van der Waals surface area (Å²) in [4.78, 5) is 49.4. The molecule has 3 amide bonds. The van der Waals surface area contributed by atoms with Crippen LogP contribution >= 0.6 is 0 Å². The van der Waals surface area contributed by atoms with Crippen LogP contribution in [0.5, 0.6) is 0 Å². The summed E-state index contributed by atoms with van der Waals surface area (Å²) < 4.78 is 6.47. The summed E-state index contributed by atoms with van der Waals surface area (Å²) in [6.07, 6.45) is 0.343. The highest BCUT2D eigenvalue weighted by Crippen LogP contribution is 2.15. The number of aromatic nitrogens is 2. The molecule has 0 fully saturated rings. The molecule has 1 aromatic carbocycles. The highest BCUT2D eigenvalue weighted by molar-refractivity contribution is 6.03. The summed E-state index contributed by atoms with van der Waals surface area (Å²) in [5.74, 6) is -1.62. The molecule has 2 aromatic rings. The fraction of sp³-hybridized carbons (Fsp3) is 0.476. The van der Waals surface area contributed by atoms with Gasteiger partial charge in [-0.05, 0) is 40.2 Å². The monoisotopic (exact) mass is 416 g/mol. The van der Waals surface area contributed by atoms with E-state index in [0.717, 1.165) is 12.8 Å². The number of esters is 1. The van der Waals surface area contributed by atoms with Gasteiger partial charge in [-0.1, -0.05) is 31.5 Å². The van der Waals surface area contributed by atoms with Crippen molar-refractivity contribution >= 4 is 28.7 Å². The number of carbonyl (C=O) groups is 3. The molecule has 0 radical (unpaired) electrons. The zero-order chi connectivity index (χ0) is 22.5. The van der Waals surface area contributed by atoms with Crippen molar-refractivity contribution in [2.24, 2.45) is 0 Å². The van der Waals surface area contributed by atoms with Gasteiger partial charge in [-0.25, -0.2) is 14.3 Å². The van der Waals surface area contributed by atoms with E-state index in [1.807, 2.05) is 6.92 Å². The molecule has 0 unspecified atom stereocenters. The van der Waals surface area contributed by atoms with E-state index in [2.05, 4.69) is 15.7 Å². The van der Waals surface area contributed by atoms with Gasteiger partial charge in [0.15, 0.2) is 11.8 Å². The Morgan fingerprint density at radius 2 is 1.80 bits per heavy atom. The first-order valence-corrected chi connectivity index (χ1v) is 9.87. The lowest BCUT2D eigenvalue weighted by molar-refractivity contribution is -0.127. The minimum absolute atomic E-state index is 0.0555. The van der Waals surface area contributed by atoms with E-state index in [9.17, 15) is 19.2 Å². The lowest BCUT2D eigenvalue weighted by Crippen LogP contribution is -2.50. The number of urea groups is 1. The molecular formula is C21H28N4O5. The van der Waals surface area contributed by atoms with Crippen LogP contribution in [0, 0.1) is 0 Å². The molecule has 0 aliphatic carbocycles. The van der Waals surface area contributed by atoms with Crippen LogP contribution < -0.4 is 16.2 Å². The standard InChI is InChI=1S/C21H28N4O5/c1-6-7-12-25-18(27)15-11-9-8-10-14(15)16(24-25)19(28)30-13(2)17(26)22-20(29)23-21(3,4)5/h8-11,13H,6-7,12H2,1-5H3,(H2,22,23,26,29)/t13-/m0/s1. The van der Waals surface area contributed by atoms with Crippen molar-refractivity contribution in [1.82, 2.24) is 20.4 Å². The van der Waals surface area contributed by atoms with E-state index >= 15 is 0 Å². The van der Waals surface area contributed by atoms with Gasteiger partial charge in [0.05, 0.1) is 5.39 Å². The number of hydrogen-bond acceptors (Lipinski definition) is 6. The summed E-state index contributed by atoms with van der Waals surface area (Å²) in [5, 5.41) is 9.59. The van der Waals surface area contributed by atoms with E-state index in [-0.39, 0.29) is 11.3 Å². The van der Waals surface area contributed by atoms with Gasteiger partial charge in [-0.3, -0.25) is 14.9 Å². The topological polar surface area (TPSA) is 119 Å². The molecule has 0 spiro atoms. The van der Waals surface area contributed by atoms with Gasteiger partial charge in [0.25, 0.3) is 11.5 Å². The second-order valence-electron chi connectivity index (χ2n) is 8.02. The number of nitrogens with one attached hydrogen (secondary N) is 2. The lowest BCUT2D eigenvalue weighted by atomic mass is 10.1. The van der Waals surface area contributed by atoms with Crippen LogP contribution in [-0.4, -0.2) is 39.3 Å². The first-order valence-electron chi connectivity index (χ1n) is 9.87. The summed E-state index contributed by atoms with van der Waals surface area (Å²) in [5.41, 5.74) is -0.875. The van der Waals surface area contributed by atoms with E-state index < -0.39 is 29.6 Å². The molecule has 0 aliphatic heterocycles. The van der Waals surface area contributed by atoms with Crippen molar-refractivity contribution in [3.63, 3.8) is 0 Å². The molecule has 1 aromatic heterocycles. The average molecular weight is 416 g/mol. The first-order chi connectivity index (χ1) is 14.0. The van der Waals surface area contributed by atoms with E-state index in [1.54, 1.807) is 45.0 Å². The third-order valence-corrected chi connectivity index (χ3v) is 4.16. The third kappa shape index (κ3) is 5.88. The van der Waals surface area contributed by atoms with Crippen molar-refractivity contribution in [2.75, 3.05) is 0 Å². The Labute approximate surface area is 174 Å². The van der Waals surface area contributed by atoms with Crippen LogP contribution in [0.4, 0.5) is 4.79 Å². The highest BCUT2D eigenvalue weighted by atomic mass is 16.5. The molecule has 2 N–H and O–H groups in total. The molecule has 9 heteroatoms. The van der Waals surface area contributed by atoms with E-state index in [0.29, 0.717) is 17.3 Å². The Morgan fingerprint density at radius 1 is 1.17 bits per heavy atom. The largest absolute Gasteiger partial charge is 0.448 e. The number of benzene rings is 1. The first kappa shape index (κ1) is 23.1.